The van der Waals surface area contributed by atoms with Crippen LogP contribution in [0.25, 0.3) is 11.1 Å². The molecule has 28 heavy (non-hydrogen) atoms. The van der Waals surface area contributed by atoms with Crippen molar-refractivity contribution in [2.45, 2.75) is 6.92 Å². The Bertz CT molecular complexity index is 1140. The van der Waals surface area contributed by atoms with Gasteiger partial charge in [-0.25, -0.2) is 14.9 Å². The number of ether oxygens (including phenoxy) is 1. The molecule has 1 amide bonds. The van der Waals surface area contributed by atoms with E-state index in [0.717, 1.165) is 0 Å². The number of aryl methyl sites for hydroxylation is 1. The number of methoxy groups -OCH3 is 1. The molecule has 0 spiro atoms. The minimum absolute atomic E-state index is 0.251. The number of hydrogen-bond acceptors (Lipinski definition) is 7. The quantitative estimate of drug-likeness (QED) is 0.569. The molecule has 4 rings (SSSR count). The molecule has 140 valence electrons. The number of nitrogens with two attached hydrogens (primary N) is 1. The van der Waals surface area contributed by atoms with Crippen LogP contribution in [-0.4, -0.2) is 28.0 Å². The van der Waals surface area contributed by atoms with Gasteiger partial charge in [0.25, 0.3) is 5.91 Å². The van der Waals surface area contributed by atoms with E-state index in [1.54, 1.807) is 18.9 Å². The van der Waals surface area contributed by atoms with Crippen LogP contribution in [-0.2, 0) is 0 Å². The van der Waals surface area contributed by atoms with Gasteiger partial charge in [0.15, 0.2) is 5.58 Å². The van der Waals surface area contributed by atoms with Crippen LogP contribution >= 0.6 is 0 Å². The van der Waals surface area contributed by atoms with Crippen molar-refractivity contribution in [3.8, 4) is 5.75 Å². The van der Waals surface area contributed by atoms with Gasteiger partial charge in [-0.1, -0.05) is 24.3 Å². The lowest BCUT2D eigenvalue weighted by atomic mass is 10.2. The second-order valence-corrected chi connectivity index (χ2v) is 6.00. The van der Waals surface area contributed by atoms with Crippen LogP contribution in [0, 0.1) is 6.92 Å². The summed E-state index contributed by atoms with van der Waals surface area (Å²) in [5.74, 6) is 0.276. The molecule has 8 heteroatoms. The zero-order valence-corrected chi connectivity index (χ0v) is 15.3. The van der Waals surface area contributed by atoms with Crippen molar-refractivity contribution in [3.63, 3.8) is 0 Å². The number of carbonyl (C=O) groups excluding carboxylic acids is 1. The Kier molecular flexibility index (Phi) is 4.36. The van der Waals surface area contributed by atoms with Crippen molar-refractivity contribution in [2.24, 2.45) is 5.73 Å². The zero-order valence-electron chi connectivity index (χ0n) is 15.3. The topological polar surface area (TPSA) is 107 Å². The van der Waals surface area contributed by atoms with Crippen LogP contribution in [0.4, 0.5) is 17.7 Å². The van der Waals surface area contributed by atoms with Gasteiger partial charge in [0.1, 0.15) is 11.3 Å². The van der Waals surface area contributed by atoms with E-state index in [1.807, 2.05) is 48.5 Å². The molecule has 0 saturated heterocycles. The minimum Gasteiger partial charge on any atom is -0.495 e. The number of carbonyl (C=O) groups is 1. The van der Waals surface area contributed by atoms with Crippen molar-refractivity contribution < 1.29 is 13.9 Å². The average Bonchev–Trinajstić information content (AvgIpc) is 3.12. The number of primary amides is 1. The molecule has 2 heterocycles. The van der Waals surface area contributed by atoms with E-state index in [0.29, 0.717) is 28.2 Å². The first kappa shape index (κ1) is 17.5. The van der Waals surface area contributed by atoms with Gasteiger partial charge in [0.2, 0.25) is 5.95 Å². The third-order valence-electron chi connectivity index (χ3n) is 4.23. The second kappa shape index (κ2) is 6.99. The highest BCUT2D eigenvalue weighted by molar-refractivity contribution is 5.93. The summed E-state index contributed by atoms with van der Waals surface area (Å²) < 4.78 is 11.4. The number of nitrogens with zero attached hydrogens (tertiary/aromatic N) is 4. The monoisotopic (exact) mass is 375 g/mol. The summed E-state index contributed by atoms with van der Waals surface area (Å²) >= 11 is 0. The number of hydrogen-bond donors (Lipinski definition) is 1. The minimum atomic E-state index is -0.588. The van der Waals surface area contributed by atoms with Gasteiger partial charge in [-0.15, -0.1) is 0 Å². The summed E-state index contributed by atoms with van der Waals surface area (Å²) in [6, 6.07) is 15.1. The SMILES string of the molecule is COc1ccccc1N(c1ncc(C(N)=O)c(C)n1)c1nc2ccccc2o1. The van der Waals surface area contributed by atoms with E-state index in [1.165, 1.54) is 6.20 Å². The van der Waals surface area contributed by atoms with Gasteiger partial charge in [-0.05, 0) is 31.2 Å². The molecule has 2 aromatic carbocycles. The van der Waals surface area contributed by atoms with Crippen LogP contribution in [0.1, 0.15) is 16.1 Å². The fraction of sp³-hybridized carbons (Fsp3) is 0.100. The first-order chi connectivity index (χ1) is 13.6. The first-order valence-corrected chi connectivity index (χ1v) is 8.50. The Balaban J connectivity index is 1.93. The van der Waals surface area contributed by atoms with E-state index in [2.05, 4.69) is 15.0 Å². The second-order valence-electron chi connectivity index (χ2n) is 6.00. The van der Waals surface area contributed by atoms with Gasteiger partial charge in [-0.2, -0.15) is 4.98 Å². The molecule has 4 aromatic rings. The highest BCUT2D eigenvalue weighted by Gasteiger charge is 2.24. The number of amides is 1. The van der Waals surface area contributed by atoms with E-state index in [4.69, 9.17) is 14.9 Å². The van der Waals surface area contributed by atoms with Crippen LogP contribution < -0.4 is 15.4 Å². The normalized spacial score (nSPS) is 10.8. The molecule has 2 N–H and O–H groups in total. The number of benzene rings is 2. The molecule has 0 radical (unpaired) electrons. The summed E-state index contributed by atoms with van der Waals surface area (Å²) in [5, 5.41) is 0. The molecular formula is C20H17N5O3. The summed E-state index contributed by atoms with van der Waals surface area (Å²) in [7, 11) is 1.57. The van der Waals surface area contributed by atoms with E-state index in [-0.39, 0.29) is 17.5 Å². The Morgan fingerprint density at radius 2 is 1.86 bits per heavy atom. The fourth-order valence-electron chi connectivity index (χ4n) is 2.87. The number of aromatic nitrogens is 3. The number of oxazole rings is 1. The summed E-state index contributed by atoms with van der Waals surface area (Å²) in [4.78, 5) is 26.5. The molecular weight excluding hydrogens is 358 g/mol. The summed E-state index contributed by atoms with van der Waals surface area (Å²) in [6.45, 7) is 1.69. The number of rotatable bonds is 5. The van der Waals surface area contributed by atoms with Crippen LogP contribution in [0.5, 0.6) is 5.75 Å². The molecule has 8 nitrogen and oxygen atoms in total. The predicted octanol–water partition coefficient (Wildman–Crippen LogP) is 3.50. The first-order valence-electron chi connectivity index (χ1n) is 8.50. The van der Waals surface area contributed by atoms with Crippen LogP contribution in [0.2, 0.25) is 0 Å². The molecule has 2 aromatic heterocycles. The van der Waals surface area contributed by atoms with Crippen molar-refractivity contribution >= 4 is 34.7 Å². The molecule has 0 unspecified atom stereocenters. The number of para-hydroxylation sites is 4. The number of fused-ring (bicyclic) bond motifs is 1. The van der Waals surface area contributed by atoms with Crippen molar-refractivity contribution in [2.75, 3.05) is 12.0 Å². The van der Waals surface area contributed by atoms with E-state index in [9.17, 15) is 4.79 Å². The highest BCUT2D eigenvalue weighted by Crippen LogP contribution is 2.39. The van der Waals surface area contributed by atoms with Gasteiger partial charge in [0.05, 0.1) is 24.1 Å². The van der Waals surface area contributed by atoms with Crippen LogP contribution in [0.3, 0.4) is 0 Å². The molecule has 0 saturated carbocycles. The maximum absolute atomic E-state index is 11.5. The lowest BCUT2D eigenvalue weighted by Gasteiger charge is -2.21. The lowest BCUT2D eigenvalue weighted by Crippen LogP contribution is -2.18. The van der Waals surface area contributed by atoms with E-state index < -0.39 is 5.91 Å². The highest BCUT2D eigenvalue weighted by atomic mass is 16.5. The van der Waals surface area contributed by atoms with Crippen LogP contribution in [0.15, 0.2) is 59.1 Å². The van der Waals surface area contributed by atoms with Gasteiger partial charge in [-0.3, -0.25) is 4.79 Å². The van der Waals surface area contributed by atoms with Crippen molar-refractivity contribution in [1.82, 2.24) is 15.0 Å². The van der Waals surface area contributed by atoms with Gasteiger partial charge >= 0.3 is 6.01 Å². The predicted molar refractivity (Wildman–Crippen MR) is 104 cm³/mol. The summed E-state index contributed by atoms with van der Waals surface area (Å²) in [6.07, 6.45) is 1.39. The molecule has 0 aliphatic rings. The molecule has 0 aliphatic carbocycles. The third-order valence-corrected chi connectivity index (χ3v) is 4.23. The Morgan fingerprint density at radius 1 is 1.11 bits per heavy atom. The Labute approximate surface area is 160 Å². The molecule has 0 atom stereocenters. The van der Waals surface area contributed by atoms with Crippen molar-refractivity contribution in [3.05, 3.63) is 66.0 Å². The molecule has 0 fully saturated rings. The molecule has 0 aliphatic heterocycles. The largest absolute Gasteiger partial charge is 0.495 e. The maximum atomic E-state index is 11.5. The fourth-order valence-corrected chi connectivity index (χ4v) is 2.87. The van der Waals surface area contributed by atoms with Gasteiger partial charge < -0.3 is 14.9 Å². The Morgan fingerprint density at radius 3 is 2.57 bits per heavy atom. The van der Waals surface area contributed by atoms with E-state index >= 15 is 0 Å². The standard InChI is InChI=1S/C20H17N5O3/c1-12-13(18(21)26)11-22-19(23-12)25(15-8-4-6-10-17(15)27-2)20-24-14-7-3-5-9-16(14)28-20/h3-11H,1-2H3,(H2,21,26). The molecule has 0 bridgehead atoms. The Hall–Kier alpha value is -3.94. The van der Waals surface area contributed by atoms with Gasteiger partial charge in [0, 0.05) is 6.20 Å². The zero-order chi connectivity index (χ0) is 19.7. The summed E-state index contributed by atoms with van der Waals surface area (Å²) in [5.41, 5.74) is 8.05. The third kappa shape index (κ3) is 3.01. The lowest BCUT2D eigenvalue weighted by molar-refractivity contribution is 0.0999. The average molecular weight is 375 g/mol. The smallest absolute Gasteiger partial charge is 0.310 e. The maximum Gasteiger partial charge on any atom is 0.310 e. The van der Waals surface area contributed by atoms with Crippen molar-refractivity contribution in [1.29, 1.82) is 0 Å². The number of anilines is 3.